The summed E-state index contributed by atoms with van der Waals surface area (Å²) in [5, 5.41) is 13.8. The van der Waals surface area contributed by atoms with Crippen molar-refractivity contribution < 1.29 is 13.9 Å². The predicted molar refractivity (Wildman–Crippen MR) is 106 cm³/mol. The summed E-state index contributed by atoms with van der Waals surface area (Å²) in [6.45, 7) is 2.43. The summed E-state index contributed by atoms with van der Waals surface area (Å²) < 4.78 is 18.9. The van der Waals surface area contributed by atoms with Gasteiger partial charge in [-0.2, -0.15) is 0 Å². The number of hydrogen-bond acceptors (Lipinski definition) is 5. The summed E-state index contributed by atoms with van der Waals surface area (Å²) >= 11 is 0. The molecule has 0 fully saturated rings. The second-order valence-corrected chi connectivity index (χ2v) is 6.23. The first-order chi connectivity index (χ1) is 13.6. The number of benzene rings is 2. The summed E-state index contributed by atoms with van der Waals surface area (Å²) in [5.41, 5.74) is 2.38. The number of carbonyl (C=O) groups is 1. The molecule has 1 aromatic heterocycles. The van der Waals surface area contributed by atoms with Crippen molar-refractivity contribution in [3.63, 3.8) is 0 Å². The van der Waals surface area contributed by atoms with Crippen LogP contribution in [-0.2, 0) is 6.42 Å². The fourth-order valence-electron chi connectivity index (χ4n) is 2.68. The number of halogens is 1. The van der Waals surface area contributed by atoms with Gasteiger partial charge in [0.25, 0.3) is 5.91 Å². The molecule has 7 heteroatoms. The largest absolute Gasteiger partial charge is 0.495 e. The lowest BCUT2D eigenvalue weighted by atomic mass is 10.1. The van der Waals surface area contributed by atoms with E-state index in [1.54, 1.807) is 43.5 Å². The summed E-state index contributed by atoms with van der Waals surface area (Å²) in [6.07, 6.45) is 0.518. The van der Waals surface area contributed by atoms with Gasteiger partial charge in [0.2, 0.25) is 0 Å². The fourth-order valence-corrected chi connectivity index (χ4v) is 2.68. The second kappa shape index (κ2) is 8.94. The van der Waals surface area contributed by atoms with E-state index in [9.17, 15) is 9.18 Å². The summed E-state index contributed by atoms with van der Waals surface area (Å²) in [5.74, 6) is 0.475. The molecule has 1 heterocycles. The maximum Gasteiger partial charge on any atom is 0.276 e. The Morgan fingerprint density at radius 3 is 2.64 bits per heavy atom. The van der Waals surface area contributed by atoms with Gasteiger partial charge in [-0.15, -0.1) is 10.2 Å². The molecule has 2 N–H and O–H groups in total. The van der Waals surface area contributed by atoms with Crippen LogP contribution in [0.4, 0.5) is 15.9 Å². The van der Waals surface area contributed by atoms with E-state index >= 15 is 0 Å². The van der Waals surface area contributed by atoms with Crippen molar-refractivity contribution in [2.75, 3.05) is 24.3 Å². The molecule has 0 aliphatic rings. The average Bonchev–Trinajstić information content (AvgIpc) is 2.70. The van der Waals surface area contributed by atoms with Gasteiger partial charge < -0.3 is 15.4 Å². The minimum Gasteiger partial charge on any atom is -0.495 e. The van der Waals surface area contributed by atoms with E-state index in [0.717, 1.165) is 5.56 Å². The maximum atomic E-state index is 13.6. The third-order valence-electron chi connectivity index (χ3n) is 4.16. The SMILES string of the molecule is COc1ccc(C)cc1NC(=O)c1ccc(NCCc2ccccc2F)nn1. The third-order valence-corrected chi connectivity index (χ3v) is 4.16. The summed E-state index contributed by atoms with van der Waals surface area (Å²) in [6, 6.07) is 15.4. The van der Waals surface area contributed by atoms with Gasteiger partial charge in [-0.25, -0.2) is 4.39 Å². The smallest absolute Gasteiger partial charge is 0.276 e. The first-order valence-electron chi connectivity index (χ1n) is 8.84. The first-order valence-corrected chi connectivity index (χ1v) is 8.84. The number of hydrogen-bond donors (Lipinski definition) is 2. The van der Waals surface area contributed by atoms with Gasteiger partial charge in [0.05, 0.1) is 12.8 Å². The van der Waals surface area contributed by atoms with Crippen molar-refractivity contribution >= 4 is 17.4 Å². The Labute approximate surface area is 162 Å². The average molecular weight is 380 g/mol. The zero-order chi connectivity index (χ0) is 19.9. The van der Waals surface area contributed by atoms with Crippen LogP contribution in [0.25, 0.3) is 0 Å². The highest BCUT2D eigenvalue weighted by molar-refractivity contribution is 6.03. The summed E-state index contributed by atoms with van der Waals surface area (Å²) in [7, 11) is 1.54. The molecule has 28 heavy (non-hydrogen) atoms. The van der Waals surface area contributed by atoms with Crippen molar-refractivity contribution in [3.8, 4) is 5.75 Å². The Balaban J connectivity index is 1.58. The van der Waals surface area contributed by atoms with Crippen LogP contribution in [0, 0.1) is 12.7 Å². The van der Waals surface area contributed by atoms with E-state index < -0.39 is 0 Å². The van der Waals surface area contributed by atoms with Gasteiger partial charge in [-0.1, -0.05) is 24.3 Å². The molecule has 0 spiro atoms. The quantitative estimate of drug-likeness (QED) is 0.651. The van der Waals surface area contributed by atoms with Gasteiger partial charge in [-0.3, -0.25) is 4.79 Å². The van der Waals surface area contributed by atoms with Crippen LogP contribution in [0.3, 0.4) is 0 Å². The number of anilines is 2. The van der Waals surface area contributed by atoms with Crippen LogP contribution in [0.5, 0.6) is 5.75 Å². The highest BCUT2D eigenvalue weighted by Gasteiger charge is 2.12. The maximum absolute atomic E-state index is 13.6. The van der Waals surface area contributed by atoms with E-state index in [2.05, 4.69) is 20.8 Å². The van der Waals surface area contributed by atoms with Crippen LogP contribution >= 0.6 is 0 Å². The molecule has 0 saturated carbocycles. The fraction of sp³-hybridized carbons (Fsp3) is 0.190. The number of aromatic nitrogens is 2. The van der Waals surface area contributed by atoms with Crippen LogP contribution in [-0.4, -0.2) is 29.8 Å². The van der Waals surface area contributed by atoms with Crippen molar-refractivity contribution in [1.29, 1.82) is 0 Å². The van der Waals surface area contributed by atoms with Gasteiger partial charge in [0.1, 0.15) is 17.4 Å². The normalized spacial score (nSPS) is 10.4. The minimum absolute atomic E-state index is 0.184. The number of aryl methyl sites for hydroxylation is 1. The molecule has 3 aromatic rings. The molecule has 0 bridgehead atoms. The van der Waals surface area contributed by atoms with Crippen LogP contribution in [0.15, 0.2) is 54.6 Å². The number of methoxy groups -OCH3 is 1. The zero-order valence-electron chi connectivity index (χ0n) is 15.7. The lowest BCUT2D eigenvalue weighted by Gasteiger charge is -2.11. The Bertz CT molecular complexity index is 961. The molecule has 1 amide bonds. The molecule has 0 saturated heterocycles. The Morgan fingerprint density at radius 1 is 1.11 bits per heavy atom. The number of nitrogens with zero attached hydrogens (tertiary/aromatic N) is 2. The van der Waals surface area contributed by atoms with E-state index in [4.69, 9.17) is 4.74 Å². The van der Waals surface area contributed by atoms with Crippen LogP contribution in [0.2, 0.25) is 0 Å². The number of ether oxygens (including phenoxy) is 1. The Hall–Kier alpha value is -3.48. The summed E-state index contributed by atoms with van der Waals surface area (Å²) in [4.78, 5) is 12.4. The Kier molecular flexibility index (Phi) is 6.16. The lowest BCUT2D eigenvalue weighted by molar-refractivity contribution is 0.102. The van der Waals surface area contributed by atoms with Crippen molar-refractivity contribution in [1.82, 2.24) is 10.2 Å². The monoisotopic (exact) mass is 380 g/mol. The molecular formula is C21H21FN4O2. The third kappa shape index (κ3) is 4.82. The molecular weight excluding hydrogens is 359 g/mol. The standard InChI is InChI=1S/C21H21FN4O2/c1-14-7-9-19(28-2)18(13-14)24-21(27)17-8-10-20(26-25-17)23-12-11-15-5-3-4-6-16(15)22/h3-10,13H,11-12H2,1-2H3,(H,23,26)(H,24,27). The molecule has 0 radical (unpaired) electrons. The van der Waals surface area contributed by atoms with Crippen LogP contribution < -0.4 is 15.4 Å². The molecule has 0 atom stereocenters. The molecule has 3 rings (SSSR count). The lowest BCUT2D eigenvalue weighted by Crippen LogP contribution is -2.16. The molecule has 0 unspecified atom stereocenters. The first kappa shape index (κ1) is 19.3. The van der Waals surface area contributed by atoms with Gasteiger partial charge in [-0.05, 0) is 54.8 Å². The van der Waals surface area contributed by atoms with Gasteiger partial charge in [0.15, 0.2) is 5.69 Å². The predicted octanol–water partition coefficient (Wildman–Crippen LogP) is 3.84. The molecule has 2 aromatic carbocycles. The van der Waals surface area contributed by atoms with Crippen molar-refractivity contribution in [2.45, 2.75) is 13.3 Å². The van der Waals surface area contributed by atoms with E-state index in [1.165, 1.54) is 6.07 Å². The number of amides is 1. The van der Waals surface area contributed by atoms with E-state index in [0.29, 0.717) is 35.8 Å². The van der Waals surface area contributed by atoms with Gasteiger partial charge >= 0.3 is 0 Å². The molecule has 0 aliphatic heterocycles. The molecule has 144 valence electrons. The highest BCUT2D eigenvalue weighted by atomic mass is 19.1. The number of carbonyl (C=O) groups excluding carboxylic acids is 1. The van der Waals surface area contributed by atoms with E-state index in [-0.39, 0.29) is 17.4 Å². The molecule has 0 aliphatic carbocycles. The Morgan fingerprint density at radius 2 is 1.93 bits per heavy atom. The molecule has 6 nitrogen and oxygen atoms in total. The number of rotatable bonds is 7. The zero-order valence-corrected chi connectivity index (χ0v) is 15.7. The van der Waals surface area contributed by atoms with Crippen molar-refractivity contribution in [2.24, 2.45) is 0 Å². The number of nitrogens with one attached hydrogen (secondary N) is 2. The van der Waals surface area contributed by atoms with Gasteiger partial charge in [0, 0.05) is 6.54 Å². The van der Waals surface area contributed by atoms with Crippen LogP contribution in [0.1, 0.15) is 21.6 Å². The van der Waals surface area contributed by atoms with E-state index in [1.807, 2.05) is 19.1 Å². The highest BCUT2D eigenvalue weighted by Crippen LogP contribution is 2.25. The minimum atomic E-state index is -0.380. The topological polar surface area (TPSA) is 76.1 Å². The second-order valence-electron chi connectivity index (χ2n) is 6.23. The van der Waals surface area contributed by atoms with Crippen molar-refractivity contribution in [3.05, 3.63) is 77.2 Å².